The van der Waals surface area contributed by atoms with E-state index in [0.29, 0.717) is 27.8 Å². The molecule has 0 spiro atoms. The van der Waals surface area contributed by atoms with Gasteiger partial charge in [0.25, 0.3) is 5.91 Å². The van der Waals surface area contributed by atoms with E-state index in [1.807, 2.05) is 37.3 Å². The Bertz CT molecular complexity index is 906. The molecule has 0 saturated carbocycles. The lowest BCUT2D eigenvalue weighted by molar-refractivity contribution is 0.103. The summed E-state index contributed by atoms with van der Waals surface area (Å²) in [7, 11) is 0. The van der Waals surface area contributed by atoms with Crippen LogP contribution < -0.4 is 14.8 Å². The molecule has 4 rings (SSSR count). The van der Waals surface area contributed by atoms with Crippen LogP contribution in [0.15, 0.2) is 48.5 Å². The molecule has 0 atom stereocenters. The number of fused-ring (bicyclic) bond motifs is 1. The number of nitrogens with zero attached hydrogens (tertiary/aromatic N) is 1. The van der Waals surface area contributed by atoms with E-state index in [-0.39, 0.29) is 12.7 Å². The van der Waals surface area contributed by atoms with Gasteiger partial charge in [0.1, 0.15) is 4.88 Å². The second-order valence-corrected chi connectivity index (χ2v) is 6.50. The number of rotatable bonds is 3. The fourth-order valence-electron chi connectivity index (χ4n) is 2.53. The van der Waals surface area contributed by atoms with Gasteiger partial charge in [-0.05, 0) is 19.1 Å². The van der Waals surface area contributed by atoms with Crippen LogP contribution in [0.25, 0.3) is 11.3 Å². The Labute approximate surface area is 142 Å². The highest BCUT2D eigenvalue weighted by Gasteiger charge is 2.19. The van der Waals surface area contributed by atoms with Crippen LogP contribution >= 0.6 is 11.3 Å². The summed E-state index contributed by atoms with van der Waals surface area (Å²) in [6.07, 6.45) is 0. The lowest BCUT2D eigenvalue weighted by Crippen LogP contribution is -2.11. The smallest absolute Gasteiger partial charge is 0.268 e. The van der Waals surface area contributed by atoms with Crippen molar-refractivity contribution in [3.8, 4) is 22.8 Å². The molecule has 2 aromatic carbocycles. The van der Waals surface area contributed by atoms with Gasteiger partial charge in [0, 0.05) is 17.3 Å². The quantitative estimate of drug-likeness (QED) is 0.781. The van der Waals surface area contributed by atoms with Crippen LogP contribution in [0, 0.1) is 6.92 Å². The number of hydrogen-bond acceptors (Lipinski definition) is 5. The first-order chi connectivity index (χ1) is 11.7. The molecule has 0 unspecified atom stereocenters. The summed E-state index contributed by atoms with van der Waals surface area (Å²) in [5.41, 5.74) is 2.29. The summed E-state index contributed by atoms with van der Waals surface area (Å²) in [6.45, 7) is 2.10. The highest BCUT2D eigenvalue weighted by molar-refractivity contribution is 7.14. The molecule has 0 aliphatic carbocycles. The van der Waals surface area contributed by atoms with Gasteiger partial charge in [-0.1, -0.05) is 30.3 Å². The van der Waals surface area contributed by atoms with Gasteiger partial charge in [-0.2, -0.15) is 0 Å². The van der Waals surface area contributed by atoms with Gasteiger partial charge < -0.3 is 14.8 Å². The molecular weight excluding hydrogens is 324 g/mol. The third kappa shape index (κ3) is 2.72. The fraction of sp³-hybridized carbons (Fsp3) is 0.111. The van der Waals surface area contributed by atoms with Gasteiger partial charge in [-0.15, -0.1) is 11.3 Å². The summed E-state index contributed by atoms with van der Waals surface area (Å²) >= 11 is 1.38. The van der Waals surface area contributed by atoms with E-state index in [9.17, 15) is 4.79 Å². The van der Waals surface area contributed by atoms with Gasteiger partial charge in [0.15, 0.2) is 11.5 Å². The van der Waals surface area contributed by atoms with Gasteiger partial charge in [-0.3, -0.25) is 4.79 Å². The molecular formula is C18H14N2O3S. The van der Waals surface area contributed by atoms with Crippen LogP contribution in [0.5, 0.6) is 11.5 Å². The molecule has 2 heterocycles. The fourth-order valence-corrected chi connectivity index (χ4v) is 3.37. The number of aryl methyl sites for hydroxylation is 1. The molecule has 1 aromatic heterocycles. The van der Waals surface area contributed by atoms with E-state index in [1.54, 1.807) is 18.2 Å². The molecule has 1 amide bonds. The number of ether oxygens (including phenoxy) is 2. The number of thiazole rings is 1. The van der Waals surface area contributed by atoms with Crippen LogP contribution in [0.1, 0.15) is 14.7 Å². The first kappa shape index (κ1) is 14.7. The van der Waals surface area contributed by atoms with Gasteiger partial charge in [-0.25, -0.2) is 4.98 Å². The van der Waals surface area contributed by atoms with E-state index in [1.165, 1.54) is 11.3 Å². The zero-order chi connectivity index (χ0) is 16.5. The number of benzene rings is 2. The van der Waals surface area contributed by atoms with E-state index in [4.69, 9.17) is 9.47 Å². The number of hydrogen-bond donors (Lipinski definition) is 1. The van der Waals surface area contributed by atoms with Crippen molar-refractivity contribution in [3.05, 3.63) is 58.4 Å². The zero-order valence-electron chi connectivity index (χ0n) is 12.9. The summed E-state index contributed by atoms with van der Waals surface area (Å²) < 4.78 is 10.6. The van der Waals surface area contributed by atoms with Gasteiger partial charge in [0.2, 0.25) is 6.79 Å². The lowest BCUT2D eigenvalue weighted by atomic mass is 10.1. The average Bonchev–Trinajstić information content (AvgIpc) is 3.21. The summed E-state index contributed by atoms with van der Waals surface area (Å²) in [5, 5.41) is 3.76. The Kier molecular flexibility index (Phi) is 3.66. The summed E-state index contributed by atoms with van der Waals surface area (Å²) in [4.78, 5) is 17.8. The first-order valence-corrected chi connectivity index (χ1v) is 8.26. The van der Waals surface area contributed by atoms with Gasteiger partial charge in [0.05, 0.1) is 10.7 Å². The van der Waals surface area contributed by atoms with Crippen LogP contribution in [-0.2, 0) is 0 Å². The average molecular weight is 338 g/mol. The number of aromatic nitrogens is 1. The number of carbonyl (C=O) groups is 1. The van der Waals surface area contributed by atoms with Crippen molar-refractivity contribution in [1.82, 2.24) is 4.98 Å². The Morgan fingerprint density at radius 2 is 1.92 bits per heavy atom. The Morgan fingerprint density at radius 1 is 1.12 bits per heavy atom. The Hall–Kier alpha value is -2.86. The molecule has 1 N–H and O–H groups in total. The zero-order valence-corrected chi connectivity index (χ0v) is 13.7. The Morgan fingerprint density at radius 3 is 2.75 bits per heavy atom. The molecule has 24 heavy (non-hydrogen) atoms. The third-order valence-corrected chi connectivity index (χ3v) is 4.59. The van der Waals surface area contributed by atoms with Crippen molar-refractivity contribution < 1.29 is 14.3 Å². The van der Waals surface area contributed by atoms with Crippen LogP contribution in [0.4, 0.5) is 5.69 Å². The van der Waals surface area contributed by atoms with Crippen molar-refractivity contribution in [2.45, 2.75) is 6.92 Å². The van der Waals surface area contributed by atoms with Gasteiger partial charge >= 0.3 is 0 Å². The molecule has 0 radical (unpaired) electrons. The molecule has 1 aliphatic heterocycles. The molecule has 1 aliphatic rings. The predicted molar refractivity (Wildman–Crippen MR) is 92.8 cm³/mol. The summed E-state index contributed by atoms with van der Waals surface area (Å²) in [5.74, 6) is 1.14. The van der Waals surface area contributed by atoms with Crippen molar-refractivity contribution >= 4 is 22.9 Å². The van der Waals surface area contributed by atoms with Crippen molar-refractivity contribution in [2.24, 2.45) is 0 Å². The first-order valence-electron chi connectivity index (χ1n) is 7.44. The summed E-state index contributed by atoms with van der Waals surface area (Å²) in [6, 6.07) is 15.0. The number of carbonyl (C=O) groups excluding carboxylic acids is 1. The minimum Gasteiger partial charge on any atom is -0.454 e. The maximum atomic E-state index is 12.7. The molecule has 3 aromatic rings. The number of amides is 1. The van der Waals surface area contributed by atoms with Crippen molar-refractivity contribution in [3.63, 3.8) is 0 Å². The maximum Gasteiger partial charge on any atom is 0.268 e. The third-order valence-electron chi connectivity index (χ3n) is 3.62. The van der Waals surface area contributed by atoms with Crippen molar-refractivity contribution in [1.29, 1.82) is 0 Å². The van der Waals surface area contributed by atoms with Crippen LogP contribution in [0.3, 0.4) is 0 Å². The minimum atomic E-state index is -0.182. The minimum absolute atomic E-state index is 0.182. The van der Waals surface area contributed by atoms with E-state index in [0.717, 1.165) is 10.6 Å². The topological polar surface area (TPSA) is 60.5 Å². The standard InChI is InChI=1S/C18H14N2O3S/c1-11-19-16(12-5-3-2-4-6-12)17(24-11)18(21)20-13-7-8-14-15(9-13)23-10-22-14/h2-9H,10H2,1H3,(H,20,21). The lowest BCUT2D eigenvalue weighted by Gasteiger charge is -2.06. The van der Waals surface area contributed by atoms with E-state index >= 15 is 0 Å². The SMILES string of the molecule is Cc1nc(-c2ccccc2)c(C(=O)Nc2ccc3c(c2)OCO3)s1. The molecule has 0 bridgehead atoms. The molecule has 5 nitrogen and oxygen atoms in total. The molecule has 0 saturated heterocycles. The molecule has 0 fully saturated rings. The van der Waals surface area contributed by atoms with E-state index in [2.05, 4.69) is 10.3 Å². The highest BCUT2D eigenvalue weighted by atomic mass is 32.1. The van der Waals surface area contributed by atoms with Crippen LogP contribution in [0.2, 0.25) is 0 Å². The second-order valence-electron chi connectivity index (χ2n) is 5.30. The van der Waals surface area contributed by atoms with Crippen LogP contribution in [-0.4, -0.2) is 17.7 Å². The Balaban J connectivity index is 1.63. The van der Waals surface area contributed by atoms with Crippen molar-refractivity contribution in [2.75, 3.05) is 12.1 Å². The molecule has 6 heteroatoms. The second kappa shape index (κ2) is 5.98. The molecule has 120 valence electrons. The van der Waals surface area contributed by atoms with E-state index < -0.39 is 0 Å². The maximum absolute atomic E-state index is 12.7. The number of anilines is 1. The highest BCUT2D eigenvalue weighted by Crippen LogP contribution is 2.35. The largest absolute Gasteiger partial charge is 0.454 e. The number of nitrogens with one attached hydrogen (secondary N) is 1. The normalized spacial score (nSPS) is 12.2. The monoisotopic (exact) mass is 338 g/mol. The predicted octanol–water partition coefficient (Wildman–Crippen LogP) is 4.10.